The summed E-state index contributed by atoms with van der Waals surface area (Å²) in [6.07, 6.45) is -0.435. The van der Waals surface area contributed by atoms with Crippen molar-refractivity contribution in [2.24, 2.45) is 0 Å². The number of hydrogen-bond acceptors (Lipinski definition) is 4. The number of ether oxygens (including phenoxy) is 1. The molecule has 0 saturated carbocycles. The van der Waals surface area contributed by atoms with E-state index in [0.29, 0.717) is 13.2 Å². The van der Waals surface area contributed by atoms with Gasteiger partial charge in [-0.15, -0.1) is 11.3 Å². The Morgan fingerprint density at radius 2 is 2.21 bits per heavy atom. The van der Waals surface area contributed by atoms with Crippen LogP contribution in [0.1, 0.15) is 23.5 Å². The standard InChI is InChI=1S/C15H19NO2S/c1-2-18-13-6-3-5-12(9-13)10-16-11-14(17)15-7-4-8-19-15/h3-9,14,16-17H,2,10-11H2,1H3. The van der Waals surface area contributed by atoms with Gasteiger partial charge in [0.2, 0.25) is 0 Å². The molecule has 0 spiro atoms. The molecule has 0 aliphatic carbocycles. The van der Waals surface area contributed by atoms with Crippen molar-refractivity contribution >= 4 is 11.3 Å². The van der Waals surface area contributed by atoms with E-state index in [0.717, 1.165) is 22.7 Å². The first-order valence-electron chi connectivity index (χ1n) is 6.43. The average molecular weight is 277 g/mol. The minimum absolute atomic E-state index is 0.435. The third-order valence-electron chi connectivity index (χ3n) is 2.75. The highest BCUT2D eigenvalue weighted by atomic mass is 32.1. The molecule has 0 aliphatic rings. The van der Waals surface area contributed by atoms with Crippen LogP contribution >= 0.6 is 11.3 Å². The van der Waals surface area contributed by atoms with Crippen molar-refractivity contribution in [3.8, 4) is 5.75 Å². The van der Waals surface area contributed by atoms with E-state index in [4.69, 9.17) is 4.74 Å². The number of benzene rings is 1. The van der Waals surface area contributed by atoms with E-state index < -0.39 is 6.10 Å². The third kappa shape index (κ3) is 4.35. The molecule has 1 unspecified atom stereocenters. The Bertz CT molecular complexity index is 485. The maximum atomic E-state index is 9.95. The predicted octanol–water partition coefficient (Wildman–Crippen LogP) is 2.97. The summed E-state index contributed by atoms with van der Waals surface area (Å²) in [4.78, 5) is 0.996. The maximum Gasteiger partial charge on any atom is 0.119 e. The predicted molar refractivity (Wildman–Crippen MR) is 78.6 cm³/mol. The molecule has 0 bridgehead atoms. The zero-order valence-electron chi connectivity index (χ0n) is 11.0. The van der Waals surface area contributed by atoms with E-state index in [-0.39, 0.29) is 0 Å². The molecule has 0 saturated heterocycles. The summed E-state index contributed by atoms with van der Waals surface area (Å²) in [7, 11) is 0. The van der Waals surface area contributed by atoms with Gasteiger partial charge in [-0.3, -0.25) is 0 Å². The normalized spacial score (nSPS) is 12.3. The fourth-order valence-corrected chi connectivity index (χ4v) is 2.56. The largest absolute Gasteiger partial charge is 0.494 e. The van der Waals surface area contributed by atoms with Crippen molar-refractivity contribution in [3.05, 3.63) is 52.2 Å². The average Bonchev–Trinajstić information content (AvgIpc) is 2.93. The summed E-state index contributed by atoms with van der Waals surface area (Å²) < 4.78 is 5.46. The van der Waals surface area contributed by atoms with Crippen LogP contribution in [0.25, 0.3) is 0 Å². The summed E-state index contributed by atoms with van der Waals surface area (Å²) in [5.74, 6) is 0.889. The second-order valence-electron chi connectivity index (χ2n) is 4.24. The molecule has 2 N–H and O–H groups in total. The lowest BCUT2D eigenvalue weighted by Gasteiger charge is -2.11. The van der Waals surface area contributed by atoms with Crippen LogP contribution in [-0.4, -0.2) is 18.3 Å². The van der Waals surface area contributed by atoms with Crippen LogP contribution < -0.4 is 10.1 Å². The third-order valence-corrected chi connectivity index (χ3v) is 3.72. The zero-order chi connectivity index (χ0) is 13.5. The quantitative estimate of drug-likeness (QED) is 0.817. The summed E-state index contributed by atoms with van der Waals surface area (Å²) >= 11 is 1.58. The topological polar surface area (TPSA) is 41.5 Å². The Kier molecular flexibility index (Phi) is 5.39. The van der Waals surface area contributed by atoms with Gasteiger partial charge in [0.1, 0.15) is 11.9 Å². The Morgan fingerprint density at radius 1 is 1.32 bits per heavy atom. The first kappa shape index (κ1) is 14.1. The van der Waals surface area contributed by atoms with E-state index in [9.17, 15) is 5.11 Å². The highest BCUT2D eigenvalue weighted by Crippen LogP contribution is 2.18. The SMILES string of the molecule is CCOc1cccc(CNCC(O)c2cccs2)c1. The number of hydrogen-bond donors (Lipinski definition) is 2. The molecule has 3 nitrogen and oxygen atoms in total. The number of aliphatic hydroxyl groups is 1. The van der Waals surface area contributed by atoms with Gasteiger partial charge in [0, 0.05) is 18.0 Å². The molecule has 4 heteroatoms. The van der Waals surface area contributed by atoms with Crippen molar-refractivity contribution in [2.45, 2.75) is 19.6 Å². The Morgan fingerprint density at radius 3 is 2.95 bits per heavy atom. The lowest BCUT2D eigenvalue weighted by molar-refractivity contribution is 0.178. The summed E-state index contributed by atoms with van der Waals surface area (Å²) in [5.41, 5.74) is 1.16. The second-order valence-corrected chi connectivity index (χ2v) is 5.22. The van der Waals surface area contributed by atoms with Gasteiger partial charge in [0.15, 0.2) is 0 Å². The van der Waals surface area contributed by atoms with Gasteiger partial charge in [-0.1, -0.05) is 18.2 Å². The molecule has 1 aromatic carbocycles. The van der Waals surface area contributed by atoms with Gasteiger partial charge in [0.05, 0.1) is 6.61 Å². The molecule has 2 rings (SSSR count). The van der Waals surface area contributed by atoms with Crippen LogP contribution in [0.4, 0.5) is 0 Å². The summed E-state index contributed by atoms with van der Waals surface area (Å²) in [6.45, 7) is 3.93. The monoisotopic (exact) mass is 277 g/mol. The van der Waals surface area contributed by atoms with Crippen molar-refractivity contribution in [1.82, 2.24) is 5.32 Å². The highest BCUT2D eigenvalue weighted by Gasteiger charge is 2.07. The Hall–Kier alpha value is -1.36. The molecule has 0 aliphatic heterocycles. The molecule has 1 aromatic heterocycles. The minimum Gasteiger partial charge on any atom is -0.494 e. The van der Waals surface area contributed by atoms with Crippen LogP contribution in [0.2, 0.25) is 0 Å². The molecule has 1 heterocycles. The van der Waals surface area contributed by atoms with Crippen LogP contribution in [0.5, 0.6) is 5.75 Å². The minimum atomic E-state index is -0.435. The lowest BCUT2D eigenvalue weighted by Crippen LogP contribution is -2.20. The lowest BCUT2D eigenvalue weighted by atomic mass is 10.2. The zero-order valence-corrected chi connectivity index (χ0v) is 11.8. The van der Waals surface area contributed by atoms with E-state index in [1.54, 1.807) is 11.3 Å². The van der Waals surface area contributed by atoms with Crippen molar-refractivity contribution in [3.63, 3.8) is 0 Å². The fraction of sp³-hybridized carbons (Fsp3) is 0.333. The van der Waals surface area contributed by atoms with Crippen LogP contribution in [0, 0.1) is 0 Å². The van der Waals surface area contributed by atoms with Gasteiger partial charge < -0.3 is 15.2 Å². The van der Waals surface area contributed by atoms with E-state index in [2.05, 4.69) is 5.32 Å². The smallest absolute Gasteiger partial charge is 0.119 e. The van der Waals surface area contributed by atoms with Gasteiger partial charge in [-0.25, -0.2) is 0 Å². The first-order valence-corrected chi connectivity index (χ1v) is 7.31. The summed E-state index contributed by atoms with van der Waals surface area (Å²) in [5, 5.41) is 15.2. The van der Waals surface area contributed by atoms with Crippen LogP contribution in [0.15, 0.2) is 41.8 Å². The maximum absolute atomic E-state index is 9.95. The number of nitrogens with one attached hydrogen (secondary N) is 1. The van der Waals surface area contributed by atoms with Crippen molar-refractivity contribution in [1.29, 1.82) is 0 Å². The van der Waals surface area contributed by atoms with E-state index in [1.807, 2.05) is 48.7 Å². The van der Waals surface area contributed by atoms with E-state index in [1.165, 1.54) is 0 Å². The number of aliphatic hydroxyl groups excluding tert-OH is 1. The number of thiophene rings is 1. The molecule has 1 atom stereocenters. The van der Waals surface area contributed by atoms with Crippen LogP contribution in [-0.2, 0) is 6.54 Å². The molecule has 0 fully saturated rings. The van der Waals surface area contributed by atoms with Gasteiger partial charge in [0.25, 0.3) is 0 Å². The number of rotatable bonds is 7. The fourth-order valence-electron chi connectivity index (χ4n) is 1.85. The highest BCUT2D eigenvalue weighted by molar-refractivity contribution is 7.10. The molecule has 0 radical (unpaired) electrons. The molecule has 19 heavy (non-hydrogen) atoms. The summed E-state index contributed by atoms with van der Waals surface area (Å²) in [6, 6.07) is 11.9. The molecular formula is C15H19NO2S. The molecule has 2 aromatic rings. The van der Waals surface area contributed by atoms with Crippen LogP contribution in [0.3, 0.4) is 0 Å². The van der Waals surface area contributed by atoms with Crippen molar-refractivity contribution in [2.75, 3.05) is 13.2 Å². The molecule has 102 valence electrons. The Labute approximate surface area is 117 Å². The molecule has 0 amide bonds. The molecular weight excluding hydrogens is 258 g/mol. The van der Waals surface area contributed by atoms with Crippen molar-refractivity contribution < 1.29 is 9.84 Å². The van der Waals surface area contributed by atoms with E-state index >= 15 is 0 Å². The van der Waals surface area contributed by atoms with Gasteiger partial charge >= 0.3 is 0 Å². The van der Waals surface area contributed by atoms with Gasteiger partial charge in [-0.2, -0.15) is 0 Å². The second kappa shape index (κ2) is 7.28. The van der Waals surface area contributed by atoms with Gasteiger partial charge in [-0.05, 0) is 36.1 Å². The first-order chi connectivity index (χ1) is 9.29. The Balaban J connectivity index is 1.80.